The number of rotatable bonds is 9. The van der Waals surface area contributed by atoms with Gasteiger partial charge in [0.1, 0.15) is 0 Å². The fourth-order valence-electron chi connectivity index (χ4n) is 5.44. The highest BCUT2D eigenvalue weighted by Crippen LogP contribution is 2.51. The topological polar surface area (TPSA) is 0 Å². The molecule has 0 heteroatoms. The molecule has 5 unspecified atom stereocenters. The average molecular weight is 309 g/mol. The van der Waals surface area contributed by atoms with Gasteiger partial charge in [-0.15, -0.1) is 0 Å². The minimum atomic E-state index is 0.657. The standard InChI is InChI=1S/C22H44/c1-7-10-11-13-20(6)22(15-8-2)16-12-14-21(18(4)9-3)19(5)17-22/h18-21H,7-17H2,1-6H3. The van der Waals surface area contributed by atoms with Gasteiger partial charge in [-0.05, 0) is 54.8 Å². The van der Waals surface area contributed by atoms with Crippen LogP contribution in [0.25, 0.3) is 0 Å². The van der Waals surface area contributed by atoms with Gasteiger partial charge in [-0.2, -0.15) is 0 Å². The van der Waals surface area contributed by atoms with Gasteiger partial charge in [0.05, 0.1) is 0 Å². The van der Waals surface area contributed by atoms with Gasteiger partial charge < -0.3 is 0 Å². The fourth-order valence-corrected chi connectivity index (χ4v) is 5.44. The highest BCUT2D eigenvalue weighted by molar-refractivity contribution is 4.91. The summed E-state index contributed by atoms with van der Waals surface area (Å²) in [6.07, 6.45) is 15.9. The molecule has 0 heterocycles. The van der Waals surface area contributed by atoms with Crippen molar-refractivity contribution in [2.45, 2.75) is 112 Å². The van der Waals surface area contributed by atoms with Crippen molar-refractivity contribution in [3.05, 3.63) is 0 Å². The third-order valence-corrected chi connectivity index (χ3v) is 7.08. The Balaban J connectivity index is 2.80. The summed E-state index contributed by atoms with van der Waals surface area (Å²) in [5, 5.41) is 0. The maximum atomic E-state index is 2.58. The molecule has 5 atom stereocenters. The second-order valence-electron chi connectivity index (χ2n) is 8.63. The van der Waals surface area contributed by atoms with Crippen molar-refractivity contribution < 1.29 is 0 Å². The third-order valence-electron chi connectivity index (χ3n) is 7.08. The van der Waals surface area contributed by atoms with Crippen LogP contribution in [0.2, 0.25) is 0 Å². The number of hydrogen-bond acceptors (Lipinski definition) is 0. The lowest BCUT2D eigenvalue weighted by molar-refractivity contribution is 0.0898. The van der Waals surface area contributed by atoms with Crippen molar-refractivity contribution in [1.82, 2.24) is 0 Å². The Hall–Kier alpha value is 0. The highest BCUT2D eigenvalue weighted by Gasteiger charge is 2.40. The molecule has 1 saturated carbocycles. The van der Waals surface area contributed by atoms with E-state index >= 15 is 0 Å². The molecule has 1 rings (SSSR count). The molecule has 0 aliphatic heterocycles. The van der Waals surface area contributed by atoms with E-state index in [9.17, 15) is 0 Å². The average Bonchev–Trinajstić information content (AvgIpc) is 2.66. The molecule has 0 bridgehead atoms. The van der Waals surface area contributed by atoms with Crippen LogP contribution in [0.3, 0.4) is 0 Å². The molecule has 22 heavy (non-hydrogen) atoms. The first-order valence-corrected chi connectivity index (χ1v) is 10.5. The summed E-state index contributed by atoms with van der Waals surface area (Å²) in [7, 11) is 0. The van der Waals surface area contributed by atoms with E-state index in [4.69, 9.17) is 0 Å². The molecule has 0 radical (unpaired) electrons. The lowest BCUT2D eigenvalue weighted by Gasteiger charge is -2.41. The molecule has 1 fully saturated rings. The van der Waals surface area contributed by atoms with Gasteiger partial charge in [0.25, 0.3) is 0 Å². The van der Waals surface area contributed by atoms with Crippen molar-refractivity contribution in [3.8, 4) is 0 Å². The minimum absolute atomic E-state index is 0.657. The van der Waals surface area contributed by atoms with Crippen LogP contribution in [0, 0.1) is 29.1 Å². The second-order valence-corrected chi connectivity index (χ2v) is 8.63. The molecule has 0 aromatic carbocycles. The molecule has 0 saturated heterocycles. The quantitative estimate of drug-likeness (QED) is 0.300. The van der Waals surface area contributed by atoms with Gasteiger partial charge in [-0.1, -0.05) is 86.5 Å². The summed E-state index contributed by atoms with van der Waals surface area (Å²) in [4.78, 5) is 0. The van der Waals surface area contributed by atoms with E-state index in [1.165, 1.54) is 70.6 Å². The van der Waals surface area contributed by atoms with Crippen LogP contribution in [0.1, 0.15) is 112 Å². The molecule has 0 aromatic rings. The summed E-state index contributed by atoms with van der Waals surface area (Å²) >= 11 is 0. The molecule has 1 aliphatic carbocycles. The lowest BCUT2D eigenvalue weighted by Crippen LogP contribution is -2.31. The molecule has 0 spiro atoms. The molecule has 0 N–H and O–H groups in total. The molecule has 132 valence electrons. The van der Waals surface area contributed by atoms with Crippen LogP contribution in [0.4, 0.5) is 0 Å². The normalized spacial score (nSPS) is 32.5. The summed E-state index contributed by atoms with van der Waals surface area (Å²) < 4.78 is 0. The van der Waals surface area contributed by atoms with E-state index in [1.54, 1.807) is 0 Å². The predicted octanol–water partition coefficient (Wildman–Crippen LogP) is 7.86. The zero-order valence-corrected chi connectivity index (χ0v) is 16.6. The van der Waals surface area contributed by atoms with Crippen molar-refractivity contribution in [2.24, 2.45) is 29.1 Å². The number of hydrogen-bond donors (Lipinski definition) is 0. The van der Waals surface area contributed by atoms with Crippen molar-refractivity contribution in [3.63, 3.8) is 0 Å². The monoisotopic (exact) mass is 308 g/mol. The Morgan fingerprint density at radius 1 is 1.05 bits per heavy atom. The highest BCUT2D eigenvalue weighted by atomic mass is 14.5. The van der Waals surface area contributed by atoms with E-state index in [0.29, 0.717) is 5.41 Å². The van der Waals surface area contributed by atoms with Crippen LogP contribution < -0.4 is 0 Å². The van der Waals surface area contributed by atoms with Gasteiger partial charge in [0.2, 0.25) is 0 Å². The first-order chi connectivity index (χ1) is 10.5. The molecule has 1 aliphatic rings. The minimum Gasteiger partial charge on any atom is -0.0654 e. The second kappa shape index (κ2) is 9.99. The summed E-state index contributed by atoms with van der Waals surface area (Å²) in [6, 6.07) is 0. The third kappa shape index (κ3) is 5.27. The molecular formula is C22H44. The fraction of sp³-hybridized carbons (Fsp3) is 1.00. The van der Waals surface area contributed by atoms with Gasteiger partial charge >= 0.3 is 0 Å². The van der Waals surface area contributed by atoms with Crippen LogP contribution in [-0.2, 0) is 0 Å². The Bertz CT molecular complexity index is 282. The van der Waals surface area contributed by atoms with Gasteiger partial charge in [-0.25, -0.2) is 0 Å². The Morgan fingerprint density at radius 2 is 1.77 bits per heavy atom. The smallest absolute Gasteiger partial charge is 0.0269 e. The first kappa shape index (κ1) is 20.0. The first-order valence-electron chi connectivity index (χ1n) is 10.5. The number of unbranched alkanes of at least 4 members (excludes halogenated alkanes) is 2. The van der Waals surface area contributed by atoms with Crippen LogP contribution in [0.15, 0.2) is 0 Å². The summed E-state index contributed by atoms with van der Waals surface area (Å²) in [5.74, 6) is 3.75. The van der Waals surface area contributed by atoms with E-state index < -0.39 is 0 Å². The molecular weight excluding hydrogens is 264 g/mol. The van der Waals surface area contributed by atoms with E-state index in [1.807, 2.05) is 0 Å². The largest absolute Gasteiger partial charge is 0.0654 e. The van der Waals surface area contributed by atoms with Crippen molar-refractivity contribution >= 4 is 0 Å². The van der Waals surface area contributed by atoms with Crippen LogP contribution in [0.5, 0.6) is 0 Å². The molecule has 0 nitrogen and oxygen atoms in total. The predicted molar refractivity (Wildman–Crippen MR) is 101 cm³/mol. The van der Waals surface area contributed by atoms with E-state index in [-0.39, 0.29) is 0 Å². The zero-order chi connectivity index (χ0) is 16.6. The summed E-state index contributed by atoms with van der Waals surface area (Å²) in [5.41, 5.74) is 0.657. The Labute approximate surface area is 141 Å². The Morgan fingerprint density at radius 3 is 2.36 bits per heavy atom. The zero-order valence-electron chi connectivity index (χ0n) is 16.6. The van der Waals surface area contributed by atoms with E-state index in [2.05, 4.69) is 41.5 Å². The SMILES string of the molecule is CCCCCC(C)C1(CCC)CCCC(C(C)CC)C(C)C1. The van der Waals surface area contributed by atoms with Gasteiger partial charge in [0.15, 0.2) is 0 Å². The Kier molecular flexibility index (Phi) is 9.10. The van der Waals surface area contributed by atoms with Crippen LogP contribution >= 0.6 is 0 Å². The van der Waals surface area contributed by atoms with Gasteiger partial charge in [-0.3, -0.25) is 0 Å². The van der Waals surface area contributed by atoms with Crippen molar-refractivity contribution in [1.29, 1.82) is 0 Å². The maximum Gasteiger partial charge on any atom is -0.0269 e. The molecule has 0 aromatic heterocycles. The maximum absolute atomic E-state index is 2.58. The van der Waals surface area contributed by atoms with Crippen LogP contribution in [-0.4, -0.2) is 0 Å². The molecule has 0 amide bonds. The van der Waals surface area contributed by atoms with E-state index in [0.717, 1.165) is 23.7 Å². The lowest BCUT2D eigenvalue weighted by atomic mass is 9.64. The van der Waals surface area contributed by atoms with Gasteiger partial charge in [0, 0.05) is 0 Å². The summed E-state index contributed by atoms with van der Waals surface area (Å²) in [6.45, 7) is 14.8. The van der Waals surface area contributed by atoms with Crippen molar-refractivity contribution in [2.75, 3.05) is 0 Å².